The Morgan fingerprint density at radius 1 is 1.57 bits per heavy atom. The van der Waals surface area contributed by atoms with Gasteiger partial charge in [-0.25, -0.2) is 0 Å². The molecule has 1 aliphatic rings. The van der Waals surface area contributed by atoms with Crippen LogP contribution >= 0.6 is 0 Å². The minimum atomic E-state index is 0.597. The Morgan fingerprint density at radius 3 is 2.29 bits per heavy atom. The highest BCUT2D eigenvalue weighted by atomic mass is 14.2. The van der Waals surface area contributed by atoms with Crippen molar-refractivity contribution >= 4 is 0 Å². The summed E-state index contributed by atoms with van der Waals surface area (Å²) in [5.74, 6) is 0. The molecule has 1 saturated carbocycles. The first kappa shape index (κ1) is 4.21. The molecule has 1 rings (SSSR count). The van der Waals surface area contributed by atoms with Crippen LogP contribution in [0.2, 0.25) is 0 Å². The topological polar surface area (TPSA) is 0 Å². The van der Waals surface area contributed by atoms with Crippen molar-refractivity contribution in [3.05, 3.63) is 35.8 Å². The van der Waals surface area contributed by atoms with Gasteiger partial charge in [0.15, 0.2) is 0 Å². The molecule has 0 aromatic heterocycles. The van der Waals surface area contributed by atoms with E-state index in [2.05, 4.69) is 5.73 Å². The normalized spacial score (nSPS) is 15.4. The molecule has 7 heavy (non-hydrogen) atoms. The van der Waals surface area contributed by atoms with Crippen molar-refractivity contribution in [2.75, 3.05) is 0 Å². The van der Waals surface area contributed by atoms with Crippen LogP contribution in [0.4, 0.5) is 0 Å². The SMILES string of the molecule is [C]=C=C=C1CC1=[C]. The predicted molar refractivity (Wildman–Crippen MR) is 25.2 cm³/mol. The first-order valence-electron chi connectivity index (χ1n) is 1.96. The molecule has 0 heterocycles. The van der Waals surface area contributed by atoms with Gasteiger partial charge in [0, 0.05) is 12.0 Å². The van der Waals surface area contributed by atoms with Crippen LogP contribution in [0, 0.1) is 13.2 Å². The van der Waals surface area contributed by atoms with Crippen LogP contribution in [0.1, 0.15) is 6.42 Å². The highest BCUT2D eigenvalue weighted by Crippen LogP contribution is 2.32. The van der Waals surface area contributed by atoms with Crippen LogP contribution in [0.25, 0.3) is 0 Å². The molecule has 0 nitrogen and oxygen atoms in total. The van der Waals surface area contributed by atoms with Gasteiger partial charge in [-0.3, -0.25) is 0 Å². The summed E-state index contributed by atoms with van der Waals surface area (Å²) in [6.45, 7) is 13.2. The van der Waals surface area contributed by atoms with Crippen LogP contribution in [0.15, 0.2) is 22.6 Å². The Bertz CT molecular complexity index is 184. The Kier molecular flexibility index (Phi) is 0.765. The molecule has 4 radical (unpaired) electrons. The average molecular weight is 86.1 g/mol. The van der Waals surface area contributed by atoms with E-state index in [1.165, 1.54) is 0 Å². The summed E-state index contributed by atoms with van der Waals surface area (Å²) in [5.41, 5.74) is 5.89. The van der Waals surface area contributed by atoms with Gasteiger partial charge in [-0.1, -0.05) is 11.5 Å². The summed E-state index contributed by atoms with van der Waals surface area (Å²) in [6.07, 6.45) is 0.714. The van der Waals surface area contributed by atoms with Crippen LogP contribution in [-0.2, 0) is 0 Å². The summed E-state index contributed by atoms with van der Waals surface area (Å²) >= 11 is 0. The zero-order valence-electron chi connectivity index (χ0n) is 3.71. The van der Waals surface area contributed by atoms with Gasteiger partial charge in [-0.15, -0.1) is 0 Å². The van der Waals surface area contributed by atoms with Crippen molar-refractivity contribution in [3.8, 4) is 0 Å². The van der Waals surface area contributed by atoms with Gasteiger partial charge >= 0.3 is 0 Å². The molecule has 0 aromatic rings. The standard InChI is InChI=1S/C7H2/c1-3-4-7-5-6(7)2/h5H2. The van der Waals surface area contributed by atoms with E-state index in [0.717, 1.165) is 5.57 Å². The van der Waals surface area contributed by atoms with Crippen molar-refractivity contribution in [2.45, 2.75) is 6.42 Å². The van der Waals surface area contributed by atoms with Gasteiger partial charge in [0.05, 0.1) is 6.58 Å². The lowest BCUT2D eigenvalue weighted by Crippen LogP contribution is -1.29. The summed E-state index contributed by atoms with van der Waals surface area (Å²) in [5, 5.41) is 0. The maximum absolute atomic E-state index is 6.85. The fraction of sp³-hybridized carbons (Fsp3) is 0.143. The van der Waals surface area contributed by atoms with E-state index < -0.39 is 0 Å². The largest absolute Gasteiger partial charge is 0.0653 e. The minimum Gasteiger partial charge on any atom is -0.0653 e. The van der Waals surface area contributed by atoms with Gasteiger partial charge in [-0.05, 0) is 12.2 Å². The van der Waals surface area contributed by atoms with E-state index in [4.69, 9.17) is 13.2 Å². The molecule has 0 atom stereocenters. The van der Waals surface area contributed by atoms with Crippen molar-refractivity contribution in [3.63, 3.8) is 0 Å². The van der Waals surface area contributed by atoms with E-state index in [0.29, 0.717) is 12.0 Å². The molecule has 0 amide bonds. The third-order valence-electron chi connectivity index (χ3n) is 0.806. The molecule has 0 saturated heterocycles. The fourth-order valence-corrected chi connectivity index (χ4v) is 0.328. The summed E-state index contributed by atoms with van der Waals surface area (Å²) in [7, 11) is 0. The monoisotopic (exact) mass is 86.0 g/mol. The smallest absolute Gasteiger partial charge is 0.0588 e. The average Bonchev–Trinajstić information content (AvgIpc) is 2.22. The second kappa shape index (κ2) is 1.27. The van der Waals surface area contributed by atoms with Crippen LogP contribution < -0.4 is 0 Å². The molecule has 1 fully saturated rings. The minimum absolute atomic E-state index is 0.597. The number of hydrogen-bond donors (Lipinski definition) is 0. The van der Waals surface area contributed by atoms with Gasteiger partial charge in [-0.2, -0.15) is 0 Å². The lowest BCUT2D eigenvalue weighted by molar-refractivity contribution is 1.70. The van der Waals surface area contributed by atoms with Gasteiger partial charge in [0.1, 0.15) is 0 Å². The third kappa shape index (κ3) is 0.721. The lowest BCUT2D eigenvalue weighted by atomic mass is 10.6. The first-order chi connectivity index (χ1) is 3.34. The number of rotatable bonds is 0. The van der Waals surface area contributed by atoms with E-state index >= 15 is 0 Å². The maximum atomic E-state index is 6.85. The predicted octanol–water partition coefficient (Wildman–Crippen LogP) is 1.17. The van der Waals surface area contributed by atoms with E-state index in [-0.39, 0.29) is 0 Å². The highest BCUT2D eigenvalue weighted by Gasteiger charge is 2.17. The molecule has 0 bridgehead atoms. The molecule has 0 aliphatic heterocycles. The Hall–Kier alpha value is -0.960. The number of allylic oxidation sites excluding steroid dienone is 2. The van der Waals surface area contributed by atoms with Crippen LogP contribution in [0.3, 0.4) is 0 Å². The quantitative estimate of drug-likeness (QED) is 0.388. The zero-order chi connectivity index (χ0) is 5.28. The third-order valence-corrected chi connectivity index (χ3v) is 0.806. The molecule has 30 valence electrons. The maximum Gasteiger partial charge on any atom is 0.0588 e. The van der Waals surface area contributed by atoms with Crippen LogP contribution in [0.5, 0.6) is 0 Å². The summed E-state index contributed by atoms with van der Waals surface area (Å²) in [4.78, 5) is 0. The number of hydrogen-bond acceptors (Lipinski definition) is 0. The molecule has 0 unspecified atom stereocenters. The van der Waals surface area contributed by atoms with Gasteiger partial charge in [0.2, 0.25) is 0 Å². The Morgan fingerprint density at radius 2 is 2.14 bits per heavy atom. The lowest BCUT2D eigenvalue weighted by Gasteiger charge is -1.46. The van der Waals surface area contributed by atoms with Crippen molar-refractivity contribution in [1.29, 1.82) is 0 Å². The molecule has 0 heteroatoms. The summed E-state index contributed by atoms with van der Waals surface area (Å²) in [6, 6.07) is 0. The van der Waals surface area contributed by atoms with Gasteiger partial charge in [0.25, 0.3) is 0 Å². The van der Waals surface area contributed by atoms with Crippen LogP contribution in [-0.4, -0.2) is 0 Å². The Labute approximate surface area is 43.2 Å². The van der Waals surface area contributed by atoms with E-state index in [1.807, 2.05) is 5.73 Å². The molecular weight excluding hydrogens is 84.1 g/mol. The van der Waals surface area contributed by atoms with Crippen molar-refractivity contribution in [2.24, 2.45) is 0 Å². The molecule has 0 N–H and O–H groups in total. The van der Waals surface area contributed by atoms with E-state index in [9.17, 15) is 0 Å². The molecule has 0 aromatic carbocycles. The van der Waals surface area contributed by atoms with Gasteiger partial charge < -0.3 is 0 Å². The molecular formula is C7H2. The fourth-order valence-electron chi connectivity index (χ4n) is 0.328. The first-order valence-corrected chi connectivity index (χ1v) is 1.96. The van der Waals surface area contributed by atoms with Crippen molar-refractivity contribution < 1.29 is 0 Å². The second-order valence-electron chi connectivity index (χ2n) is 1.38. The van der Waals surface area contributed by atoms with Crippen molar-refractivity contribution in [1.82, 2.24) is 0 Å². The molecule has 1 aliphatic carbocycles. The summed E-state index contributed by atoms with van der Waals surface area (Å²) < 4.78 is 0. The Balaban J connectivity index is 3.00. The zero-order valence-corrected chi connectivity index (χ0v) is 3.71. The molecule has 0 spiro atoms. The second-order valence-corrected chi connectivity index (χ2v) is 1.38. The highest BCUT2D eigenvalue weighted by molar-refractivity contribution is 5.46. The van der Waals surface area contributed by atoms with E-state index in [1.54, 1.807) is 0 Å².